The van der Waals surface area contributed by atoms with Crippen LogP contribution in [0.3, 0.4) is 0 Å². The summed E-state index contributed by atoms with van der Waals surface area (Å²) >= 11 is 5.80. The summed E-state index contributed by atoms with van der Waals surface area (Å²) in [5, 5.41) is 0.0923. The lowest BCUT2D eigenvalue weighted by Gasteiger charge is -2.33. The quantitative estimate of drug-likeness (QED) is 0.811. The summed E-state index contributed by atoms with van der Waals surface area (Å²) in [6.45, 7) is 0.923. The third kappa shape index (κ3) is 4.31. The second-order valence-electron chi connectivity index (χ2n) is 4.91. The van der Waals surface area contributed by atoms with Gasteiger partial charge in [-0.3, -0.25) is 4.79 Å². The fourth-order valence-corrected chi connectivity index (χ4v) is 3.14. The molecule has 0 atom stereocenters. The number of piperazine rings is 1. The number of carbonyl (C=O) groups is 1. The van der Waals surface area contributed by atoms with Gasteiger partial charge in [-0.25, -0.2) is 12.8 Å². The first-order valence-corrected chi connectivity index (χ1v) is 8.81. The lowest BCUT2D eigenvalue weighted by molar-refractivity contribution is -0.134. The van der Waals surface area contributed by atoms with Crippen molar-refractivity contribution in [2.45, 2.75) is 0 Å². The van der Waals surface area contributed by atoms with Crippen molar-refractivity contribution in [2.24, 2.45) is 0 Å². The van der Waals surface area contributed by atoms with Crippen molar-refractivity contribution in [1.29, 1.82) is 0 Å². The summed E-state index contributed by atoms with van der Waals surface area (Å²) in [4.78, 5) is 13.5. The van der Waals surface area contributed by atoms with Crippen LogP contribution in [0.1, 0.15) is 0 Å². The highest BCUT2D eigenvalue weighted by Crippen LogP contribution is 2.24. The maximum atomic E-state index is 12.9. The molecule has 1 aliphatic rings. The Kier molecular flexibility index (Phi) is 5.25. The molecule has 0 spiro atoms. The van der Waals surface area contributed by atoms with E-state index in [1.165, 1.54) is 21.3 Å². The molecule has 1 amide bonds. The first kappa shape index (κ1) is 17.0. The molecule has 22 heavy (non-hydrogen) atoms. The summed E-state index contributed by atoms with van der Waals surface area (Å²) in [5.74, 6) is -0.527. The second kappa shape index (κ2) is 6.80. The van der Waals surface area contributed by atoms with Gasteiger partial charge in [0.05, 0.1) is 11.3 Å². The maximum Gasteiger partial charge on any atom is 0.260 e. The number of hydrogen-bond donors (Lipinski definition) is 0. The number of sulfonamides is 1. The highest BCUT2D eigenvalue weighted by atomic mass is 35.5. The van der Waals surface area contributed by atoms with Crippen molar-refractivity contribution in [3.63, 3.8) is 0 Å². The van der Waals surface area contributed by atoms with E-state index in [4.69, 9.17) is 16.3 Å². The topological polar surface area (TPSA) is 66.9 Å². The number of carbonyl (C=O) groups excluding carboxylic acids is 1. The van der Waals surface area contributed by atoms with E-state index in [2.05, 4.69) is 0 Å². The highest BCUT2D eigenvalue weighted by Gasteiger charge is 2.26. The molecule has 0 saturated carbocycles. The molecule has 6 nitrogen and oxygen atoms in total. The summed E-state index contributed by atoms with van der Waals surface area (Å²) in [5.41, 5.74) is 0. The van der Waals surface area contributed by atoms with Crippen LogP contribution in [0.15, 0.2) is 18.2 Å². The predicted molar refractivity (Wildman–Crippen MR) is 79.9 cm³/mol. The Morgan fingerprint density at radius 1 is 1.32 bits per heavy atom. The summed E-state index contributed by atoms with van der Waals surface area (Å²) < 4.78 is 42.3. The molecular weight excluding hydrogens is 335 g/mol. The van der Waals surface area contributed by atoms with Gasteiger partial charge in [-0.05, 0) is 18.2 Å². The monoisotopic (exact) mass is 350 g/mol. The van der Waals surface area contributed by atoms with E-state index in [-0.39, 0.29) is 36.4 Å². The zero-order valence-corrected chi connectivity index (χ0v) is 13.5. The van der Waals surface area contributed by atoms with Crippen LogP contribution in [0.2, 0.25) is 5.02 Å². The molecule has 0 unspecified atom stereocenters. The predicted octanol–water partition coefficient (Wildman–Crippen LogP) is 0.962. The van der Waals surface area contributed by atoms with Gasteiger partial charge in [-0.1, -0.05) is 11.6 Å². The maximum absolute atomic E-state index is 12.9. The minimum absolute atomic E-state index is 0.0923. The van der Waals surface area contributed by atoms with E-state index in [1.54, 1.807) is 0 Å². The molecule has 0 radical (unpaired) electrons. The molecule has 0 aliphatic carbocycles. The molecule has 2 rings (SSSR count). The van der Waals surface area contributed by atoms with Crippen LogP contribution in [0.25, 0.3) is 0 Å². The lowest BCUT2D eigenvalue weighted by atomic mass is 10.3. The first-order chi connectivity index (χ1) is 10.3. The normalized spacial score (nSPS) is 16.6. The second-order valence-corrected chi connectivity index (χ2v) is 7.30. The van der Waals surface area contributed by atoms with Gasteiger partial charge in [0.25, 0.3) is 5.91 Å². The van der Waals surface area contributed by atoms with E-state index in [0.717, 1.165) is 12.3 Å². The largest absolute Gasteiger partial charge is 0.482 e. The van der Waals surface area contributed by atoms with E-state index < -0.39 is 15.8 Å². The third-order valence-electron chi connectivity index (χ3n) is 3.31. The van der Waals surface area contributed by atoms with Gasteiger partial charge in [-0.2, -0.15) is 4.31 Å². The summed E-state index contributed by atoms with van der Waals surface area (Å²) in [7, 11) is -3.23. The van der Waals surface area contributed by atoms with Gasteiger partial charge in [0.15, 0.2) is 6.61 Å². The molecule has 0 aromatic heterocycles. The number of rotatable bonds is 4. The number of hydrogen-bond acceptors (Lipinski definition) is 4. The van der Waals surface area contributed by atoms with Gasteiger partial charge in [0.1, 0.15) is 11.6 Å². The van der Waals surface area contributed by atoms with E-state index >= 15 is 0 Å². The molecule has 122 valence electrons. The van der Waals surface area contributed by atoms with Crippen molar-refractivity contribution in [2.75, 3.05) is 39.0 Å². The van der Waals surface area contributed by atoms with Crippen LogP contribution in [-0.4, -0.2) is 62.6 Å². The fraction of sp³-hybridized carbons (Fsp3) is 0.462. The SMILES string of the molecule is CS(=O)(=O)N1CCN(C(=O)COc2ccc(F)cc2Cl)CC1. The Bertz CT molecular complexity index is 660. The van der Waals surface area contributed by atoms with Crippen LogP contribution < -0.4 is 4.74 Å². The summed E-state index contributed by atoms with van der Waals surface area (Å²) in [6, 6.07) is 3.65. The Balaban J connectivity index is 1.86. The Morgan fingerprint density at radius 3 is 2.50 bits per heavy atom. The van der Waals surface area contributed by atoms with Crippen LogP contribution in [0.4, 0.5) is 4.39 Å². The Hall–Kier alpha value is -1.38. The van der Waals surface area contributed by atoms with Crippen molar-refractivity contribution >= 4 is 27.5 Å². The number of benzene rings is 1. The van der Waals surface area contributed by atoms with Crippen LogP contribution >= 0.6 is 11.6 Å². The molecule has 1 fully saturated rings. The van der Waals surface area contributed by atoms with Gasteiger partial charge in [-0.15, -0.1) is 0 Å². The van der Waals surface area contributed by atoms with E-state index in [1.807, 2.05) is 0 Å². The highest BCUT2D eigenvalue weighted by molar-refractivity contribution is 7.88. The average Bonchev–Trinajstić information content (AvgIpc) is 2.45. The van der Waals surface area contributed by atoms with Crippen LogP contribution in [-0.2, 0) is 14.8 Å². The Labute approximate surface area is 133 Å². The van der Waals surface area contributed by atoms with Crippen LogP contribution in [0, 0.1) is 5.82 Å². The molecule has 1 aromatic rings. The molecule has 0 N–H and O–H groups in total. The van der Waals surface area contributed by atoms with Gasteiger partial charge in [0, 0.05) is 26.2 Å². The van der Waals surface area contributed by atoms with Crippen molar-refractivity contribution in [3.8, 4) is 5.75 Å². The van der Waals surface area contributed by atoms with E-state index in [0.29, 0.717) is 13.1 Å². The smallest absolute Gasteiger partial charge is 0.260 e. The summed E-state index contributed by atoms with van der Waals surface area (Å²) in [6.07, 6.45) is 1.14. The average molecular weight is 351 g/mol. The molecule has 1 saturated heterocycles. The lowest BCUT2D eigenvalue weighted by Crippen LogP contribution is -2.51. The molecular formula is C13H16ClFN2O4S. The zero-order chi connectivity index (χ0) is 16.3. The number of nitrogens with zero attached hydrogens (tertiary/aromatic N) is 2. The van der Waals surface area contributed by atoms with Gasteiger partial charge in [0.2, 0.25) is 10.0 Å². The molecule has 0 bridgehead atoms. The molecule has 1 aliphatic heterocycles. The van der Waals surface area contributed by atoms with Crippen molar-refractivity contribution in [1.82, 2.24) is 9.21 Å². The number of halogens is 2. The minimum atomic E-state index is -3.23. The number of ether oxygens (including phenoxy) is 1. The molecule has 1 heterocycles. The van der Waals surface area contributed by atoms with Gasteiger partial charge < -0.3 is 9.64 Å². The molecule has 1 aromatic carbocycles. The standard InChI is InChI=1S/C13H16ClFN2O4S/c1-22(19,20)17-6-4-16(5-7-17)13(18)9-21-12-3-2-10(15)8-11(12)14/h2-3,8H,4-7,9H2,1H3. The first-order valence-electron chi connectivity index (χ1n) is 6.58. The van der Waals surface area contributed by atoms with Crippen molar-refractivity contribution < 1.29 is 22.3 Å². The minimum Gasteiger partial charge on any atom is -0.482 e. The van der Waals surface area contributed by atoms with Crippen LogP contribution in [0.5, 0.6) is 5.75 Å². The third-order valence-corrected chi connectivity index (χ3v) is 4.90. The fourth-order valence-electron chi connectivity index (χ4n) is 2.09. The van der Waals surface area contributed by atoms with Crippen molar-refractivity contribution in [3.05, 3.63) is 29.0 Å². The van der Waals surface area contributed by atoms with Gasteiger partial charge >= 0.3 is 0 Å². The molecule has 9 heteroatoms. The van der Waals surface area contributed by atoms with E-state index in [9.17, 15) is 17.6 Å². The zero-order valence-electron chi connectivity index (χ0n) is 12.0. The number of amides is 1. The Morgan fingerprint density at radius 2 is 1.95 bits per heavy atom.